The Labute approximate surface area is 219 Å². The van der Waals surface area contributed by atoms with Gasteiger partial charge in [0.2, 0.25) is 0 Å². The Morgan fingerprint density at radius 3 is 1.30 bits per heavy atom. The minimum absolute atomic E-state index is 0.296. The minimum Gasteiger partial charge on any atom is -0.463 e. The van der Waals surface area contributed by atoms with E-state index in [1.165, 1.54) is 0 Å². The molecule has 0 aliphatic rings. The van der Waals surface area contributed by atoms with E-state index in [1.807, 2.05) is 0 Å². The number of esters is 3. The Morgan fingerprint density at radius 1 is 0.595 bits per heavy atom. The average Bonchev–Trinajstić information content (AvgIpc) is 2.93. The fourth-order valence-electron chi connectivity index (χ4n) is 3.56. The lowest BCUT2D eigenvalue weighted by atomic mass is 10.1. The van der Waals surface area contributed by atoms with Crippen molar-refractivity contribution >= 4 is 29.3 Å². The molecule has 7 heteroatoms. The lowest BCUT2D eigenvalue weighted by Crippen LogP contribution is -2.20. The van der Waals surface area contributed by atoms with Crippen molar-refractivity contribution in [1.82, 2.24) is 0 Å². The van der Waals surface area contributed by atoms with Crippen molar-refractivity contribution in [3.63, 3.8) is 0 Å². The molecule has 0 fully saturated rings. The maximum absolute atomic E-state index is 11.4. The summed E-state index contributed by atoms with van der Waals surface area (Å²) in [5, 5.41) is 0. The van der Waals surface area contributed by atoms with Crippen molar-refractivity contribution in [1.29, 1.82) is 0 Å². The number of hydrogen-bond donors (Lipinski definition) is 0. The van der Waals surface area contributed by atoms with Crippen LogP contribution in [0.1, 0.15) is 30.4 Å². The predicted molar refractivity (Wildman–Crippen MR) is 145 cm³/mol. The number of carbonyl (C=O) groups is 3. The monoisotopic (exact) mass is 505 g/mol. The Morgan fingerprint density at radius 2 is 0.946 bits per heavy atom. The summed E-state index contributed by atoms with van der Waals surface area (Å²) in [6.45, 7) is 11.9. The van der Waals surface area contributed by atoms with Crippen LogP contribution in [0.5, 0.6) is 0 Å². The van der Waals surface area contributed by atoms with Crippen molar-refractivity contribution in [2.45, 2.75) is 32.1 Å². The van der Waals surface area contributed by atoms with Crippen molar-refractivity contribution in [3.05, 3.63) is 97.6 Å². The van der Waals surface area contributed by atoms with Gasteiger partial charge < -0.3 is 19.1 Å². The summed E-state index contributed by atoms with van der Waals surface area (Å²) in [7, 11) is 0. The summed E-state index contributed by atoms with van der Waals surface area (Å²) in [6.07, 6.45) is 7.16. The van der Waals surface area contributed by atoms with E-state index < -0.39 is 17.9 Å². The molecule has 0 aliphatic carbocycles. The molecule has 2 rings (SSSR count). The van der Waals surface area contributed by atoms with E-state index in [4.69, 9.17) is 14.2 Å². The van der Waals surface area contributed by atoms with Crippen LogP contribution in [0.3, 0.4) is 0 Å². The molecule has 7 nitrogen and oxygen atoms in total. The highest BCUT2D eigenvalue weighted by Gasteiger charge is 2.11. The molecule has 0 aliphatic heterocycles. The number of aryl methyl sites for hydroxylation is 2. The molecule has 2 aromatic carbocycles. The average molecular weight is 506 g/mol. The summed E-state index contributed by atoms with van der Waals surface area (Å²) in [4.78, 5) is 35.9. The zero-order valence-electron chi connectivity index (χ0n) is 21.2. The highest BCUT2D eigenvalue weighted by molar-refractivity contribution is 5.81. The topological polar surface area (TPSA) is 82.1 Å². The van der Waals surface area contributed by atoms with Crippen LogP contribution in [0, 0.1) is 0 Å². The Bertz CT molecular complexity index is 971. The number of carbonyl (C=O) groups excluding carboxylic acids is 3. The van der Waals surface area contributed by atoms with Gasteiger partial charge in [0.25, 0.3) is 0 Å². The molecule has 0 spiro atoms. The molecule has 0 amide bonds. The molecular formula is C30H35NO6. The SMILES string of the molecule is C=CC(=O)OCCCc1ccc(N(CCCOC(=O)C=C)c2ccc(CCCOC(=O)C=C)cc2)cc1. The first-order chi connectivity index (χ1) is 18.0. The van der Waals surface area contributed by atoms with E-state index in [0.29, 0.717) is 32.8 Å². The fraction of sp³-hybridized carbons (Fsp3) is 0.300. The molecule has 0 unspecified atom stereocenters. The minimum atomic E-state index is -0.433. The van der Waals surface area contributed by atoms with Crippen molar-refractivity contribution in [3.8, 4) is 0 Å². The van der Waals surface area contributed by atoms with Gasteiger partial charge in [-0.3, -0.25) is 0 Å². The molecule has 0 N–H and O–H groups in total. The van der Waals surface area contributed by atoms with E-state index in [9.17, 15) is 14.4 Å². The van der Waals surface area contributed by atoms with E-state index in [1.54, 1.807) is 0 Å². The maximum atomic E-state index is 11.4. The van der Waals surface area contributed by atoms with Crippen molar-refractivity contribution in [2.75, 3.05) is 31.3 Å². The number of ether oxygens (including phenoxy) is 3. The van der Waals surface area contributed by atoms with E-state index >= 15 is 0 Å². The van der Waals surface area contributed by atoms with Gasteiger partial charge in [0.15, 0.2) is 0 Å². The van der Waals surface area contributed by atoms with E-state index in [2.05, 4.69) is 73.2 Å². The Kier molecular flexibility index (Phi) is 13.0. The van der Waals surface area contributed by atoms with Gasteiger partial charge in [-0.1, -0.05) is 44.0 Å². The number of rotatable bonds is 17. The van der Waals surface area contributed by atoms with Gasteiger partial charge in [-0.25, -0.2) is 14.4 Å². The third-order valence-corrected chi connectivity index (χ3v) is 5.47. The molecule has 196 valence electrons. The van der Waals surface area contributed by atoms with Gasteiger partial charge in [0, 0.05) is 36.1 Å². The summed E-state index contributed by atoms with van der Waals surface area (Å²) in [5.74, 6) is -1.25. The van der Waals surface area contributed by atoms with Crippen molar-refractivity contribution < 1.29 is 28.6 Å². The van der Waals surface area contributed by atoms with Gasteiger partial charge in [-0.15, -0.1) is 0 Å². The van der Waals surface area contributed by atoms with Crippen LogP contribution < -0.4 is 4.90 Å². The second-order valence-corrected chi connectivity index (χ2v) is 8.16. The Balaban J connectivity index is 2.02. The van der Waals surface area contributed by atoms with Gasteiger partial charge >= 0.3 is 17.9 Å². The number of nitrogens with zero attached hydrogens (tertiary/aromatic N) is 1. The first-order valence-corrected chi connectivity index (χ1v) is 12.3. The molecule has 0 saturated heterocycles. The van der Waals surface area contributed by atoms with E-state index in [0.717, 1.165) is 66.4 Å². The second-order valence-electron chi connectivity index (χ2n) is 8.16. The maximum Gasteiger partial charge on any atom is 0.330 e. The predicted octanol–water partition coefficient (Wildman–Crippen LogP) is 5.27. The molecule has 2 aromatic rings. The molecule has 0 aromatic heterocycles. The number of anilines is 2. The second kappa shape index (κ2) is 16.5. The normalized spacial score (nSPS) is 10.2. The molecule has 0 bridgehead atoms. The zero-order chi connectivity index (χ0) is 26.9. The van der Waals surface area contributed by atoms with Crippen LogP contribution in [-0.2, 0) is 41.4 Å². The highest BCUT2D eigenvalue weighted by atomic mass is 16.5. The third kappa shape index (κ3) is 11.0. The summed E-state index contributed by atoms with van der Waals surface area (Å²) < 4.78 is 15.2. The van der Waals surface area contributed by atoms with Crippen LogP contribution in [0.2, 0.25) is 0 Å². The van der Waals surface area contributed by atoms with Crippen LogP contribution in [-0.4, -0.2) is 44.3 Å². The summed E-state index contributed by atoms with van der Waals surface area (Å²) >= 11 is 0. The largest absolute Gasteiger partial charge is 0.463 e. The summed E-state index contributed by atoms with van der Waals surface area (Å²) in [5.41, 5.74) is 4.32. The summed E-state index contributed by atoms with van der Waals surface area (Å²) in [6, 6.07) is 16.5. The molecule has 0 heterocycles. The smallest absolute Gasteiger partial charge is 0.330 e. The quantitative estimate of drug-likeness (QED) is 0.125. The van der Waals surface area contributed by atoms with Gasteiger partial charge in [-0.2, -0.15) is 0 Å². The van der Waals surface area contributed by atoms with Crippen LogP contribution >= 0.6 is 0 Å². The highest BCUT2D eigenvalue weighted by Crippen LogP contribution is 2.27. The molecule has 0 saturated carbocycles. The molecule has 0 atom stereocenters. The first kappa shape index (κ1) is 29.1. The van der Waals surface area contributed by atoms with Crippen LogP contribution in [0.15, 0.2) is 86.5 Å². The lowest BCUT2D eigenvalue weighted by Gasteiger charge is -2.25. The lowest BCUT2D eigenvalue weighted by molar-refractivity contribution is -0.138. The van der Waals surface area contributed by atoms with Crippen LogP contribution in [0.4, 0.5) is 11.4 Å². The van der Waals surface area contributed by atoms with Gasteiger partial charge in [-0.05, 0) is 67.5 Å². The molecule has 37 heavy (non-hydrogen) atoms. The molecule has 0 radical (unpaired) electrons. The standard InChI is InChI=1S/C30H35NO6/c1-4-28(32)35-21-7-10-24-12-16-26(17-13-24)31(20-9-23-37-30(34)6-3)27-18-14-25(15-19-27)11-8-22-36-29(33)5-2/h4-6,12-19H,1-3,7-11,20-23H2. The first-order valence-electron chi connectivity index (χ1n) is 12.3. The molecular weight excluding hydrogens is 470 g/mol. The Hall–Kier alpha value is -4.13. The van der Waals surface area contributed by atoms with Gasteiger partial charge in [0.05, 0.1) is 19.8 Å². The zero-order valence-corrected chi connectivity index (χ0v) is 21.2. The number of hydrogen-bond acceptors (Lipinski definition) is 7. The third-order valence-electron chi connectivity index (χ3n) is 5.47. The van der Waals surface area contributed by atoms with E-state index in [-0.39, 0.29) is 0 Å². The van der Waals surface area contributed by atoms with Crippen LogP contribution in [0.25, 0.3) is 0 Å². The van der Waals surface area contributed by atoms with Crippen molar-refractivity contribution in [2.24, 2.45) is 0 Å². The number of benzene rings is 2. The fourth-order valence-corrected chi connectivity index (χ4v) is 3.56. The van der Waals surface area contributed by atoms with Gasteiger partial charge in [0.1, 0.15) is 0 Å².